The first-order valence-corrected chi connectivity index (χ1v) is 8.66. The van der Waals surface area contributed by atoms with E-state index in [9.17, 15) is 4.79 Å². The van der Waals surface area contributed by atoms with Gasteiger partial charge in [-0.15, -0.1) is 0 Å². The van der Waals surface area contributed by atoms with Crippen LogP contribution in [0.15, 0.2) is 59.1 Å². The van der Waals surface area contributed by atoms with Gasteiger partial charge in [0.2, 0.25) is 0 Å². The van der Waals surface area contributed by atoms with Gasteiger partial charge in [-0.25, -0.2) is 4.79 Å². The third kappa shape index (κ3) is 3.58. The molecule has 0 radical (unpaired) electrons. The predicted molar refractivity (Wildman–Crippen MR) is 94.3 cm³/mol. The summed E-state index contributed by atoms with van der Waals surface area (Å²) in [5.74, 6) is 0. The third-order valence-corrected chi connectivity index (χ3v) is 5.16. The predicted octanol–water partition coefficient (Wildman–Crippen LogP) is 4.80. The normalized spacial score (nSPS) is 22.4. The molecule has 0 heterocycles. The van der Waals surface area contributed by atoms with Crippen LogP contribution in [0.2, 0.25) is 0 Å². The van der Waals surface area contributed by atoms with E-state index in [-0.39, 0.29) is 17.6 Å². The summed E-state index contributed by atoms with van der Waals surface area (Å²) in [5, 5.41) is 3.01. The number of hydrogen-bond acceptors (Lipinski definition) is 2. The number of carbonyl (C=O) groups excluding carboxylic acids is 1. The average Bonchev–Trinajstić information content (AvgIpc) is 3.28. The first-order chi connectivity index (χ1) is 11.1. The highest BCUT2D eigenvalue weighted by atomic mass is 79.9. The molecule has 1 saturated carbocycles. The molecular formula is C19H20BrNO2. The number of ether oxygens (including phenoxy) is 1. The van der Waals surface area contributed by atoms with Crippen LogP contribution < -0.4 is 5.32 Å². The second-order valence-corrected chi connectivity index (χ2v) is 6.90. The summed E-state index contributed by atoms with van der Waals surface area (Å²) in [6.45, 7) is 2.47. The van der Waals surface area contributed by atoms with E-state index in [4.69, 9.17) is 4.74 Å². The molecule has 0 spiro atoms. The van der Waals surface area contributed by atoms with Crippen molar-refractivity contribution in [2.75, 3.05) is 0 Å². The number of carbonyl (C=O) groups is 1. The molecule has 0 aliphatic heterocycles. The van der Waals surface area contributed by atoms with E-state index >= 15 is 0 Å². The van der Waals surface area contributed by atoms with Crippen molar-refractivity contribution < 1.29 is 9.53 Å². The summed E-state index contributed by atoms with van der Waals surface area (Å²) in [6, 6.07) is 18.2. The van der Waals surface area contributed by atoms with E-state index in [2.05, 4.69) is 52.4 Å². The minimum atomic E-state index is -0.341. The summed E-state index contributed by atoms with van der Waals surface area (Å²) in [5.41, 5.74) is 2.32. The van der Waals surface area contributed by atoms with Crippen molar-refractivity contribution in [1.82, 2.24) is 5.32 Å². The highest BCUT2D eigenvalue weighted by molar-refractivity contribution is 9.10. The van der Waals surface area contributed by atoms with E-state index in [0.717, 1.165) is 22.9 Å². The van der Waals surface area contributed by atoms with Gasteiger partial charge in [0.05, 0.1) is 0 Å². The van der Waals surface area contributed by atoms with E-state index in [1.807, 2.05) is 30.3 Å². The van der Waals surface area contributed by atoms with Crippen LogP contribution in [0.25, 0.3) is 0 Å². The van der Waals surface area contributed by atoms with Gasteiger partial charge in [0.1, 0.15) is 6.61 Å². The number of rotatable bonds is 5. The maximum Gasteiger partial charge on any atom is 0.407 e. The Labute approximate surface area is 145 Å². The van der Waals surface area contributed by atoms with Crippen LogP contribution in [0.1, 0.15) is 30.9 Å². The molecule has 120 valence electrons. The summed E-state index contributed by atoms with van der Waals surface area (Å²) in [4.78, 5) is 12.0. The maximum absolute atomic E-state index is 12.0. The zero-order chi connectivity index (χ0) is 16.3. The molecule has 0 aromatic heterocycles. The lowest BCUT2D eigenvalue weighted by Crippen LogP contribution is -2.31. The van der Waals surface area contributed by atoms with Crippen LogP contribution in [0.3, 0.4) is 0 Å². The minimum absolute atomic E-state index is 0.0481. The third-order valence-electron chi connectivity index (χ3n) is 4.63. The van der Waals surface area contributed by atoms with E-state index in [1.54, 1.807) is 0 Å². The smallest absolute Gasteiger partial charge is 0.407 e. The van der Waals surface area contributed by atoms with Gasteiger partial charge in [0.15, 0.2) is 0 Å². The molecule has 1 amide bonds. The number of halogens is 1. The van der Waals surface area contributed by atoms with Crippen molar-refractivity contribution in [1.29, 1.82) is 0 Å². The van der Waals surface area contributed by atoms with Gasteiger partial charge in [0, 0.05) is 15.9 Å². The number of alkyl carbamates (subject to hydrolysis) is 1. The Morgan fingerprint density at radius 1 is 1.22 bits per heavy atom. The zero-order valence-corrected chi connectivity index (χ0v) is 14.7. The summed E-state index contributed by atoms with van der Waals surface area (Å²) < 4.78 is 6.38. The lowest BCUT2D eigenvalue weighted by Gasteiger charge is -2.16. The molecule has 1 N–H and O–H groups in total. The van der Waals surface area contributed by atoms with Gasteiger partial charge in [-0.1, -0.05) is 65.3 Å². The Morgan fingerprint density at radius 2 is 1.91 bits per heavy atom. The Morgan fingerprint density at radius 3 is 2.57 bits per heavy atom. The Bertz CT molecular complexity index is 672. The van der Waals surface area contributed by atoms with E-state index in [0.29, 0.717) is 6.61 Å². The van der Waals surface area contributed by atoms with Crippen molar-refractivity contribution in [3.63, 3.8) is 0 Å². The molecule has 0 bridgehead atoms. The molecule has 3 rings (SSSR count). The average molecular weight is 374 g/mol. The molecular weight excluding hydrogens is 354 g/mol. The Kier molecular flexibility index (Phi) is 4.71. The fourth-order valence-electron chi connectivity index (χ4n) is 3.10. The van der Waals surface area contributed by atoms with Crippen LogP contribution in [0.5, 0.6) is 0 Å². The van der Waals surface area contributed by atoms with Gasteiger partial charge in [-0.2, -0.15) is 0 Å². The maximum atomic E-state index is 12.0. The highest BCUT2D eigenvalue weighted by Gasteiger charge is 2.54. The molecule has 2 unspecified atom stereocenters. The van der Waals surface area contributed by atoms with Crippen LogP contribution in [-0.4, -0.2) is 12.1 Å². The molecule has 4 heteroatoms. The fraction of sp³-hybridized carbons (Fsp3) is 0.316. The van der Waals surface area contributed by atoms with E-state index < -0.39 is 0 Å². The van der Waals surface area contributed by atoms with Crippen molar-refractivity contribution in [3.8, 4) is 0 Å². The van der Waals surface area contributed by atoms with Crippen molar-refractivity contribution >= 4 is 22.0 Å². The van der Waals surface area contributed by atoms with Crippen molar-refractivity contribution in [2.45, 2.75) is 37.8 Å². The number of amides is 1. The zero-order valence-electron chi connectivity index (χ0n) is 13.1. The van der Waals surface area contributed by atoms with Crippen molar-refractivity contribution in [3.05, 3.63) is 70.2 Å². The second-order valence-electron chi connectivity index (χ2n) is 5.98. The Balaban J connectivity index is 1.56. The van der Waals surface area contributed by atoms with Gasteiger partial charge in [-0.05, 0) is 36.1 Å². The second kappa shape index (κ2) is 6.75. The number of hydrogen-bond donors (Lipinski definition) is 1. The summed E-state index contributed by atoms with van der Waals surface area (Å²) in [7, 11) is 0. The highest BCUT2D eigenvalue weighted by Crippen LogP contribution is 2.51. The van der Waals surface area contributed by atoms with Gasteiger partial charge < -0.3 is 10.1 Å². The van der Waals surface area contributed by atoms with Gasteiger partial charge in [-0.3, -0.25) is 0 Å². The van der Waals surface area contributed by atoms with Crippen LogP contribution >= 0.6 is 15.9 Å². The molecule has 0 saturated heterocycles. The molecule has 23 heavy (non-hydrogen) atoms. The van der Waals surface area contributed by atoms with Crippen LogP contribution in [0.4, 0.5) is 4.79 Å². The van der Waals surface area contributed by atoms with Gasteiger partial charge in [0.25, 0.3) is 0 Å². The topological polar surface area (TPSA) is 38.3 Å². The molecule has 1 aliphatic carbocycles. The van der Waals surface area contributed by atoms with E-state index in [1.165, 1.54) is 5.56 Å². The lowest BCUT2D eigenvalue weighted by atomic mass is 9.92. The molecule has 1 aliphatic rings. The van der Waals surface area contributed by atoms with Crippen LogP contribution in [-0.2, 0) is 16.8 Å². The molecule has 2 aromatic rings. The monoisotopic (exact) mass is 373 g/mol. The first-order valence-electron chi connectivity index (χ1n) is 7.87. The Hall–Kier alpha value is -1.81. The first kappa shape index (κ1) is 16.1. The summed E-state index contributed by atoms with van der Waals surface area (Å²) >= 11 is 3.46. The quantitative estimate of drug-likeness (QED) is 0.817. The molecule has 1 fully saturated rings. The lowest BCUT2D eigenvalue weighted by molar-refractivity contribution is 0.138. The minimum Gasteiger partial charge on any atom is -0.445 e. The largest absolute Gasteiger partial charge is 0.445 e. The standard InChI is InChI=1S/C19H20BrNO2/c1-2-19(15-8-10-16(20)11-9-15)12-17(19)21-18(22)23-13-14-6-4-3-5-7-14/h3-11,17H,2,12-13H2,1H3,(H,21,22). The fourth-order valence-corrected chi connectivity index (χ4v) is 3.36. The number of benzene rings is 2. The van der Waals surface area contributed by atoms with Gasteiger partial charge >= 0.3 is 6.09 Å². The number of nitrogens with one attached hydrogen (secondary N) is 1. The molecule has 3 nitrogen and oxygen atoms in total. The van der Waals surface area contributed by atoms with Crippen LogP contribution in [0, 0.1) is 0 Å². The summed E-state index contributed by atoms with van der Waals surface area (Å²) in [6.07, 6.45) is 1.62. The molecule has 2 atom stereocenters. The molecule has 2 aromatic carbocycles. The SMILES string of the molecule is CCC1(c2ccc(Br)cc2)CC1NC(=O)OCc1ccccc1. The van der Waals surface area contributed by atoms with Crippen molar-refractivity contribution in [2.24, 2.45) is 0 Å².